The summed E-state index contributed by atoms with van der Waals surface area (Å²) >= 11 is 1.62. The highest BCUT2D eigenvalue weighted by Gasteiger charge is 2.13. The molecule has 0 saturated carbocycles. The standard InChI is InChI=1S/C20H27N7OS/c1-14(28-5)19-25-17(13-29-19)12-26(4)20(21-3)24-11-16-6-7-18(23-10-16)27-9-8-22-15(27)2/h6-10,13-14H,11-12H2,1-5H3,(H,21,24). The molecule has 0 bridgehead atoms. The molecule has 0 aromatic carbocycles. The number of aryl methyl sites for hydroxylation is 1. The van der Waals surface area contributed by atoms with E-state index >= 15 is 0 Å². The quantitative estimate of drug-likeness (QED) is 0.474. The fourth-order valence-corrected chi connectivity index (χ4v) is 3.69. The van der Waals surface area contributed by atoms with Crippen molar-refractivity contribution in [1.82, 2.24) is 29.7 Å². The number of aliphatic imine (C=N–C) groups is 1. The van der Waals surface area contributed by atoms with Gasteiger partial charge in [-0.15, -0.1) is 11.3 Å². The molecular weight excluding hydrogens is 386 g/mol. The third kappa shape index (κ3) is 5.18. The SMILES string of the molecule is CN=C(NCc1ccc(-n2ccnc2C)nc1)N(C)Cc1csc(C(C)OC)n1. The molecule has 3 rings (SSSR count). The van der Waals surface area contributed by atoms with Gasteiger partial charge in [-0.2, -0.15) is 0 Å². The van der Waals surface area contributed by atoms with Gasteiger partial charge >= 0.3 is 0 Å². The van der Waals surface area contributed by atoms with Crippen LogP contribution in [-0.2, 0) is 17.8 Å². The number of pyridine rings is 1. The maximum Gasteiger partial charge on any atom is 0.194 e. The summed E-state index contributed by atoms with van der Waals surface area (Å²) in [6.45, 7) is 5.26. The topological polar surface area (TPSA) is 80.5 Å². The van der Waals surface area contributed by atoms with Gasteiger partial charge in [0, 0.05) is 51.7 Å². The summed E-state index contributed by atoms with van der Waals surface area (Å²) in [5.74, 6) is 2.57. The van der Waals surface area contributed by atoms with Crippen LogP contribution in [0.3, 0.4) is 0 Å². The lowest BCUT2D eigenvalue weighted by Gasteiger charge is -2.21. The van der Waals surface area contributed by atoms with Crippen LogP contribution >= 0.6 is 11.3 Å². The van der Waals surface area contributed by atoms with E-state index in [4.69, 9.17) is 4.74 Å². The molecule has 3 aromatic rings. The highest BCUT2D eigenvalue weighted by atomic mass is 32.1. The number of hydrogen-bond donors (Lipinski definition) is 1. The summed E-state index contributed by atoms with van der Waals surface area (Å²) in [6.07, 6.45) is 5.56. The predicted octanol–water partition coefficient (Wildman–Crippen LogP) is 2.95. The van der Waals surface area contributed by atoms with Crippen molar-refractivity contribution >= 4 is 17.3 Å². The molecule has 29 heavy (non-hydrogen) atoms. The number of ether oxygens (including phenoxy) is 1. The van der Waals surface area contributed by atoms with Crippen LogP contribution in [0.25, 0.3) is 5.82 Å². The number of nitrogens with one attached hydrogen (secondary N) is 1. The molecule has 3 heterocycles. The van der Waals surface area contributed by atoms with Crippen LogP contribution in [0.2, 0.25) is 0 Å². The number of imidazole rings is 1. The molecule has 8 nitrogen and oxygen atoms in total. The normalized spacial score (nSPS) is 12.8. The van der Waals surface area contributed by atoms with Crippen LogP contribution in [0.15, 0.2) is 41.1 Å². The lowest BCUT2D eigenvalue weighted by molar-refractivity contribution is 0.119. The van der Waals surface area contributed by atoms with Gasteiger partial charge in [-0.05, 0) is 25.5 Å². The van der Waals surface area contributed by atoms with Crippen LogP contribution in [0, 0.1) is 6.92 Å². The summed E-state index contributed by atoms with van der Waals surface area (Å²) in [7, 11) is 5.47. The highest BCUT2D eigenvalue weighted by Crippen LogP contribution is 2.21. The maximum absolute atomic E-state index is 5.34. The molecule has 1 atom stereocenters. The van der Waals surface area contributed by atoms with Gasteiger partial charge < -0.3 is 15.0 Å². The molecule has 0 amide bonds. The van der Waals surface area contributed by atoms with E-state index < -0.39 is 0 Å². The van der Waals surface area contributed by atoms with Crippen LogP contribution in [0.1, 0.15) is 35.1 Å². The molecule has 0 aliphatic rings. The van der Waals surface area contributed by atoms with Gasteiger partial charge in [-0.3, -0.25) is 9.56 Å². The third-order valence-corrected chi connectivity index (χ3v) is 5.63. The van der Waals surface area contributed by atoms with Crippen molar-refractivity contribution in [2.24, 2.45) is 4.99 Å². The van der Waals surface area contributed by atoms with Crippen molar-refractivity contribution in [2.45, 2.75) is 33.0 Å². The Bertz CT molecular complexity index is 948. The number of rotatable bonds is 7. The predicted molar refractivity (Wildman–Crippen MR) is 115 cm³/mol. The van der Waals surface area contributed by atoms with Gasteiger partial charge in [-0.1, -0.05) is 6.07 Å². The Morgan fingerprint density at radius 2 is 2.21 bits per heavy atom. The summed E-state index contributed by atoms with van der Waals surface area (Å²) in [5, 5.41) is 6.43. The fourth-order valence-electron chi connectivity index (χ4n) is 2.85. The maximum atomic E-state index is 5.34. The number of hydrogen-bond acceptors (Lipinski definition) is 6. The van der Waals surface area contributed by atoms with E-state index in [1.807, 2.05) is 48.8 Å². The molecule has 0 saturated heterocycles. The van der Waals surface area contributed by atoms with Gasteiger partial charge in [0.1, 0.15) is 22.8 Å². The molecule has 154 valence electrons. The molecule has 0 fully saturated rings. The van der Waals surface area contributed by atoms with E-state index in [1.165, 1.54) is 0 Å². The van der Waals surface area contributed by atoms with Gasteiger partial charge in [0.2, 0.25) is 0 Å². The van der Waals surface area contributed by atoms with E-state index in [1.54, 1.807) is 31.7 Å². The number of nitrogens with zero attached hydrogens (tertiary/aromatic N) is 6. The minimum atomic E-state index is 0.0121. The molecule has 0 radical (unpaired) electrons. The Morgan fingerprint density at radius 1 is 1.38 bits per heavy atom. The van der Waals surface area contributed by atoms with Crippen LogP contribution in [0.5, 0.6) is 0 Å². The molecule has 1 unspecified atom stereocenters. The first-order valence-electron chi connectivity index (χ1n) is 9.36. The second kappa shape index (κ2) is 9.62. The minimum absolute atomic E-state index is 0.0121. The number of thiazole rings is 1. The third-order valence-electron chi connectivity index (χ3n) is 4.58. The largest absolute Gasteiger partial charge is 0.375 e. The van der Waals surface area contributed by atoms with Crippen LogP contribution in [-0.4, -0.2) is 51.6 Å². The monoisotopic (exact) mass is 413 g/mol. The van der Waals surface area contributed by atoms with Crippen LogP contribution in [0.4, 0.5) is 0 Å². The molecule has 1 N–H and O–H groups in total. The van der Waals surface area contributed by atoms with Gasteiger partial charge in [0.05, 0.1) is 12.2 Å². The Morgan fingerprint density at radius 3 is 2.83 bits per heavy atom. The van der Waals surface area contributed by atoms with Crippen molar-refractivity contribution in [1.29, 1.82) is 0 Å². The van der Waals surface area contributed by atoms with Gasteiger partial charge in [0.25, 0.3) is 0 Å². The average Bonchev–Trinajstić information content (AvgIpc) is 3.37. The molecule has 9 heteroatoms. The molecule has 0 aliphatic heterocycles. The van der Waals surface area contributed by atoms with Crippen LogP contribution < -0.4 is 5.32 Å². The van der Waals surface area contributed by atoms with Crippen molar-refractivity contribution in [3.05, 3.63) is 58.2 Å². The molecular formula is C20H27N7OS. The Kier molecular flexibility index (Phi) is 6.95. The number of guanidine groups is 1. The average molecular weight is 414 g/mol. The second-order valence-corrected chi connectivity index (χ2v) is 7.57. The minimum Gasteiger partial charge on any atom is -0.375 e. The highest BCUT2D eigenvalue weighted by molar-refractivity contribution is 7.09. The molecule has 0 aliphatic carbocycles. The van der Waals surface area contributed by atoms with E-state index in [0.29, 0.717) is 13.1 Å². The Balaban J connectivity index is 1.57. The number of aromatic nitrogens is 4. The first kappa shape index (κ1) is 20.9. The summed E-state index contributed by atoms with van der Waals surface area (Å²) in [4.78, 5) is 19.8. The van der Waals surface area contributed by atoms with Crippen molar-refractivity contribution < 1.29 is 4.74 Å². The zero-order valence-electron chi connectivity index (χ0n) is 17.5. The summed E-state index contributed by atoms with van der Waals surface area (Å²) in [6, 6.07) is 4.05. The zero-order chi connectivity index (χ0) is 20.8. The zero-order valence-corrected chi connectivity index (χ0v) is 18.3. The first-order chi connectivity index (χ1) is 14.0. The summed E-state index contributed by atoms with van der Waals surface area (Å²) in [5.41, 5.74) is 2.08. The van der Waals surface area contributed by atoms with Crippen molar-refractivity contribution in [2.75, 3.05) is 21.2 Å². The van der Waals surface area contributed by atoms with Gasteiger partial charge in [-0.25, -0.2) is 15.0 Å². The van der Waals surface area contributed by atoms with E-state index in [-0.39, 0.29) is 6.10 Å². The smallest absolute Gasteiger partial charge is 0.194 e. The van der Waals surface area contributed by atoms with Gasteiger partial charge in [0.15, 0.2) is 5.96 Å². The fraction of sp³-hybridized carbons (Fsp3) is 0.400. The van der Waals surface area contributed by atoms with Crippen molar-refractivity contribution in [3.8, 4) is 5.82 Å². The Hall–Kier alpha value is -2.78. The lowest BCUT2D eigenvalue weighted by atomic mass is 10.3. The van der Waals surface area contributed by atoms with E-state index in [0.717, 1.165) is 33.9 Å². The van der Waals surface area contributed by atoms with Crippen molar-refractivity contribution in [3.63, 3.8) is 0 Å². The molecule has 3 aromatic heterocycles. The summed E-state index contributed by atoms with van der Waals surface area (Å²) < 4.78 is 7.29. The second-order valence-electron chi connectivity index (χ2n) is 6.68. The Labute approximate surface area is 175 Å². The van der Waals surface area contributed by atoms with E-state index in [2.05, 4.69) is 36.7 Å². The molecule has 0 spiro atoms. The van der Waals surface area contributed by atoms with E-state index in [9.17, 15) is 0 Å². The number of methoxy groups -OCH3 is 1. The first-order valence-corrected chi connectivity index (χ1v) is 10.2. The lowest BCUT2D eigenvalue weighted by Crippen LogP contribution is -2.38.